The van der Waals surface area contributed by atoms with Crippen LogP contribution in [0.4, 0.5) is 0 Å². The first-order valence-corrected chi connectivity index (χ1v) is 25.8. The van der Waals surface area contributed by atoms with Crippen LogP contribution in [0.25, 0.3) is 0 Å². The van der Waals surface area contributed by atoms with Crippen LogP contribution in [0.5, 0.6) is 0 Å². The van der Waals surface area contributed by atoms with E-state index in [0.29, 0.717) is 19.3 Å². The van der Waals surface area contributed by atoms with Crippen molar-refractivity contribution in [3.05, 3.63) is 134 Å². The molecule has 0 aromatic rings. The zero-order valence-electron chi connectivity index (χ0n) is 41.4. The van der Waals surface area contributed by atoms with E-state index in [1.165, 1.54) is 77.0 Å². The van der Waals surface area contributed by atoms with Crippen molar-refractivity contribution in [2.45, 2.75) is 207 Å². The summed E-state index contributed by atoms with van der Waals surface area (Å²) in [5.41, 5.74) is 0. The van der Waals surface area contributed by atoms with Crippen LogP contribution in [0.1, 0.15) is 201 Å². The van der Waals surface area contributed by atoms with Crippen LogP contribution in [0, 0.1) is 0 Å². The summed E-state index contributed by atoms with van der Waals surface area (Å²) in [7, 11) is 0. The fourth-order valence-electron chi connectivity index (χ4n) is 6.51. The summed E-state index contributed by atoms with van der Waals surface area (Å²) >= 11 is 0. The molecule has 0 rings (SSSR count). The Labute approximate surface area is 398 Å². The molecule has 0 aliphatic carbocycles. The van der Waals surface area contributed by atoms with Crippen molar-refractivity contribution in [1.29, 1.82) is 0 Å². The molecular weight excluding hydrogens is 805 g/mol. The minimum absolute atomic E-state index is 0.116. The van der Waals surface area contributed by atoms with Crippen LogP contribution in [-0.2, 0) is 28.6 Å². The predicted molar refractivity (Wildman–Crippen MR) is 279 cm³/mol. The summed E-state index contributed by atoms with van der Waals surface area (Å²) in [5, 5.41) is 0. The Hall–Kier alpha value is -4.45. The molecule has 0 heterocycles. The van der Waals surface area contributed by atoms with Crippen LogP contribution in [0.3, 0.4) is 0 Å². The van der Waals surface area contributed by atoms with E-state index in [4.69, 9.17) is 14.2 Å². The van der Waals surface area contributed by atoms with Gasteiger partial charge in [-0.15, -0.1) is 0 Å². The molecule has 6 heteroatoms. The quantitative estimate of drug-likeness (QED) is 0.0199. The van der Waals surface area contributed by atoms with Crippen molar-refractivity contribution in [3.63, 3.8) is 0 Å². The molecule has 6 nitrogen and oxygen atoms in total. The molecular formula is C59H92O6. The Morgan fingerprint density at radius 2 is 0.677 bits per heavy atom. The third-order valence-electron chi connectivity index (χ3n) is 10.3. The largest absolute Gasteiger partial charge is 0.462 e. The van der Waals surface area contributed by atoms with Crippen LogP contribution >= 0.6 is 0 Å². The number of carbonyl (C=O) groups is 3. The molecule has 0 N–H and O–H groups in total. The molecule has 0 radical (unpaired) electrons. The molecule has 1 atom stereocenters. The molecule has 0 saturated heterocycles. The predicted octanol–water partition coefficient (Wildman–Crippen LogP) is 17.1. The number of ether oxygens (including phenoxy) is 3. The van der Waals surface area contributed by atoms with E-state index in [0.717, 1.165) is 83.5 Å². The topological polar surface area (TPSA) is 78.9 Å². The fraction of sp³-hybridized carbons (Fsp3) is 0.576. The van der Waals surface area contributed by atoms with E-state index in [2.05, 4.69) is 81.5 Å². The van der Waals surface area contributed by atoms with Gasteiger partial charge < -0.3 is 14.2 Å². The van der Waals surface area contributed by atoms with E-state index >= 15 is 0 Å². The van der Waals surface area contributed by atoms with Crippen molar-refractivity contribution in [2.24, 2.45) is 0 Å². The van der Waals surface area contributed by atoms with Crippen LogP contribution in [-0.4, -0.2) is 37.2 Å². The first kappa shape index (κ1) is 60.5. The maximum atomic E-state index is 12.8. The van der Waals surface area contributed by atoms with Gasteiger partial charge in [-0.3, -0.25) is 14.4 Å². The van der Waals surface area contributed by atoms with Gasteiger partial charge in [0.1, 0.15) is 13.2 Å². The summed E-state index contributed by atoms with van der Waals surface area (Å²) in [4.78, 5) is 37.9. The van der Waals surface area contributed by atoms with E-state index in [1.54, 1.807) is 0 Å². The molecule has 0 aromatic heterocycles. The van der Waals surface area contributed by atoms with Gasteiger partial charge in [0.25, 0.3) is 0 Å². The zero-order chi connectivity index (χ0) is 47.2. The molecule has 0 saturated carbocycles. The summed E-state index contributed by atoms with van der Waals surface area (Å²) in [6.07, 6.45) is 73.0. The average molecular weight is 897 g/mol. The first-order chi connectivity index (χ1) is 32.0. The molecule has 0 spiro atoms. The van der Waals surface area contributed by atoms with Gasteiger partial charge in [0.15, 0.2) is 6.10 Å². The van der Waals surface area contributed by atoms with Gasteiger partial charge in [0, 0.05) is 19.3 Å². The molecule has 0 aliphatic heterocycles. The van der Waals surface area contributed by atoms with Gasteiger partial charge >= 0.3 is 17.9 Å². The lowest BCUT2D eigenvalue weighted by Crippen LogP contribution is -2.30. The van der Waals surface area contributed by atoms with Gasteiger partial charge in [-0.25, -0.2) is 0 Å². The van der Waals surface area contributed by atoms with Crippen LogP contribution < -0.4 is 0 Å². The second-order valence-corrected chi connectivity index (χ2v) is 16.5. The molecule has 0 bridgehead atoms. The summed E-state index contributed by atoms with van der Waals surface area (Å²) in [5.74, 6) is -1.01. The van der Waals surface area contributed by atoms with E-state index in [1.807, 2.05) is 72.9 Å². The zero-order valence-corrected chi connectivity index (χ0v) is 41.4. The first-order valence-electron chi connectivity index (χ1n) is 25.8. The van der Waals surface area contributed by atoms with Gasteiger partial charge in [-0.1, -0.05) is 225 Å². The highest BCUT2D eigenvalue weighted by molar-refractivity contribution is 5.71. The highest BCUT2D eigenvalue weighted by Gasteiger charge is 2.19. The Kier molecular flexibility index (Phi) is 48.6. The van der Waals surface area contributed by atoms with E-state index in [9.17, 15) is 14.4 Å². The number of carbonyl (C=O) groups excluding carboxylic acids is 3. The van der Waals surface area contributed by atoms with Crippen LogP contribution in [0.2, 0.25) is 0 Å². The standard InChI is InChI=1S/C59H92O6/c1-4-7-10-13-16-19-21-23-25-27-29-31-33-35-37-40-43-46-49-52-58(61)64-55-56(54-63-57(60)51-48-45-42-39-18-15-12-9-6-3)65-59(62)53-50-47-44-41-38-36-34-32-30-28-26-24-22-20-17-14-11-8-5-2/h7,9-10,12-13,16-25,27,29,31,33,35,37,39,56H,4-6,8,11,14-15,26,28,30,32,34,36,38,40-55H2,1-3H3/b10-7-,12-9-,16-13-,20-17-,21-19-,24-22-,25-23-,29-27+,33-31-,37-35-,39-18-. The van der Waals surface area contributed by atoms with Gasteiger partial charge in [-0.2, -0.15) is 0 Å². The SMILES string of the molecule is CC\C=C/C=C\C=C/C=C\C=C\C=C/C=C\CCCCCC(=O)OCC(COC(=O)CCCC/C=C\C/C=C\CC)OC(=O)CCCCCCCCCCCC/C=C\C=C/CCCCC. The molecule has 0 amide bonds. The average Bonchev–Trinajstić information content (AvgIpc) is 3.30. The lowest BCUT2D eigenvalue weighted by atomic mass is 10.1. The number of hydrogen-bond acceptors (Lipinski definition) is 6. The Balaban J connectivity index is 4.47. The highest BCUT2D eigenvalue weighted by Crippen LogP contribution is 2.14. The third kappa shape index (κ3) is 50.4. The van der Waals surface area contributed by atoms with Crippen LogP contribution in [0.15, 0.2) is 134 Å². The minimum Gasteiger partial charge on any atom is -0.462 e. The Morgan fingerprint density at radius 3 is 1.17 bits per heavy atom. The maximum Gasteiger partial charge on any atom is 0.306 e. The Morgan fingerprint density at radius 1 is 0.338 bits per heavy atom. The van der Waals surface area contributed by atoms with Gasteiger partial charge in [0.05, 0.1) is 0 Å². The number of unbranched alkanes of at least 4 members (excludes halogenated alkanes) is 18. The molecule has 65 heavy (non-hydrogen) atoms. The normalized spacial score (nSPS) is 13.2. The van der Waals surface area contributed by atoms with E-state index < -0.39 is 6.10 Å². The van der Waals surface area contributed by atoms with Crippen molar-refractivity contribution < 1.29 is 28.6 Å². The molecule has 1 unspecified atom stereocenters. The molecule has 364 valence electrons. The summed E-state index contributed by atoms with van der Waals surface area (Å²) < 4.78 is 16.7. The third-order valence-corrected chi connectivity index (χ3v) is 10.3. The lowest BCUT2D eigenvalue weighted by molar-refractivity contribution is -0.167. The minimum atomic E-state index is -0.816. The van der Waals surface area contributed by atoms with E-state index in [-0.39, 0.29) is 31.1 Å². The lowest BCUT2D eigenvalue weighted by Gasteiger charge is -2.18. The fourth-order valence-corrected chi connectivity index (χ4v) is 6.51. The summed E-state index contributed by atoms with van der Waals surface area (Å²) in [6, 6.07) is 0. The highest BCUT2D eigenvalue weighted by atomic mass is 16.6. The Bertz CT molecular complexity index is 1450. The van der Waals surface area contributed by atoms with Crippen molar-refractivity contribution in [1.82, 2.24) is 0 Å². The van der Waals surface area contributed by atoms with Crippen molar-refractivity contribution >= 4 is 17.9 Å². The maximum absolute atomic E-state index is 12.8. The second-order valence-electron chi connectivity index (χ2n) is 16.5. The molecule has 0 fully saturated rings. The van der Waals surface area contributed by atoms with Gasteiger partial charge in [-0.05, 0) is 89.9 Å². The number of hydrogen-bond donors (Lipinski definition) is 0. The van der Waals surface area contributed by atoms with Crippen molar-refractivity contribution in [3.8, 4) is 0 Å². The molecule has 0 aliphatic rings. The molecule has 0 aromatic carbocycles. The monoisotopic (exact) mass is 897 g/mol. The smallest absolute Gasteiger partial charge is 0.306 e. The van der Waals surface area contributed by atoms with Crippen molar-refractivity contribution in [2.75, 3.05) is 13.2 Å². The van der Waals surface area contributed by atoms with Gasteiger partial charge in [0.2, 0.25) is 0 Å². The number of allylic oxidation sites excluding steroid dienone is 22. The summed E-state index contributed by atoms with van der Waals surface area (Å²) in [6.45, 7) is 6.24. The second kappa shape index (κ2) is 52.2. The number of esters is 3. The number of rotatable bonds is 44.